The third-order valence-corrected chi connectivity index (χ3v) is 4.62. The van der Waals surface area contributed by atoms with Gasteiger partial charge in [-0.15, -0.1) is 0 Å². The summed E-state index contributed by atoms with van der Waals surface area (Å²) in [5.74, 6) is 0.924. The van der Waals surface area contributed by atoms with Gasteiger partial charge in [0.25, 0.3) is 0 Å². The fourth-order valence-corrected chi connectivity index (χ4v) is 2.44. The lowest BCUT2D eigenvalue weighted by Crippen LogP contribution is -2.31. The quantitative estimate of drug-likeness (QED) is 0.767. The first-order valence-electron chi connectivity index (χ1n) is 6.41. The zero-order valence-electron chi connectivity index (χ0n) is 12.2. The topological polar surface area (TPSA) is 46.2 Å². The van der Waals surface area contributed by atoms with E-state index in [-0.39, 0.29) is 0 Å². The van der Waals surface area contributed by atoms with Crippen LogP contribution >= 0.6 is 0 Å². The summed E-state index contributed by atoms with van der Waals surface area (Å²) in [5.41, 5.74) is 0.311. The van der Waals surface area contributed by atoms with Gasteiger partial charge in [0.15, 0.2) is 0 Å². The monoisotopic (exact) mass is 263 g/mol. The molecule has 3 nitrogen and oxygen atoms in total. The molecule has 0 saturated heterocycles. The molecule has 2 atom stereocenters. The van der Waals surface area contributed by atoms with Crippen LogP contribution in [0.4, 0.5) is 0 Å². The summed E-state index contributed by atoms with van der Waals surface area (Å²) >= 11 is 0. The van der Waals surface area contributed by atoms with Crippen molar-refractivity contribution in [1.29, 1.82) is 0 Å². The summed E-state index contributed by atoms with van der Waals surface area (Å²) in [6.45, 7) is 9.02. The van der Waals surface area contributed by atoms with E-state index in [1.54, 1.807) is 0 Å². The SMILES string of the molecule is CNC(CCCS(C)(=O)=O)CC(C)C(C)(C)C. The molecular formula is C13H29NO2S. The van der Waals surface area contributed by atoms with E-state index in [0.29, 0.717) is 23.1 Å². The molecule has 0 aliphatic carbocycles. The number of nitrogens with one attached hydrogen (secondary N) is 1. The molecule has 0 fully saturated rings. The van der Waals surface area contributed by atoms with E-state index in [2.05, 4.69) is 33.0 Å². The molecule has 17 heavy (non-hydrogen) atoms. The van der Waals surface area contributed by atoms with Gasteiger partial charge in [0, 0.05) is 18.1 Å². The Hall–Kier alpha value is -0.0900. The molecule has 0 heterocycles. The van der Waals surface area contributed by atoms with Crippen molar-refractivity contribution < 1.29 is 8.42 Å². The van der Waals surface area contributed by atoms with Crippen molar-refractivity contribution in [2.45, 2.75) is 53.0 Å². The van der Waals surface area contributed by atoms with E-state index in [0.717, 1.165) is 19.3 Å². The summed E-state index contributed by atoms with van der Waals surface area (Å²) in [5, 5.41) is 3.30. The van der Waals surface area contributed by atoms with Crippen LogP contribution < -0.4 is 5.32 Å². The van der Waals surface area contributed by atoms with Crippen LogP contribution in [0.1, 0.15) is 47.0 Å². The molecule has 0 amide bonds. The predicted octanol–water partition coefficient (Wildman–Crippen LogP) is 2.47. The number of hydrogen-bond donors (Lipinski definition) is 1. The van der Waals surface area contributed by atoms with Crippen molar-refractivity contribution in [3.8, 4) is 0 Å². The van der Waals surface area contributed by atoms with Crippen LogP contribution in [0.25, 0.3) is 0 Å². The second kappa shape index (κ2) is 6.74. The van der Waals surface area contributed by atoms with Crippen LogP contribution in [0.3, 0.4) is 0 Å². The minimum Gasteiger partial charge on any atom is -0.317 e. The summed E-state index contributed by atoms with van der Waals surface area (Å²) in [6.07, 6.45) is 4.09. The molecule has 0 spiro atoms. The maximum absolute atomic E-state index is 11.1. The van der Waals surface area contributed by atoms with E-state index < -0.39 is 9.84 Å². The zero-order chi connectivity index (χ0) is 13.7. The highest BCUT2D eigenvalue weighted by Crippen LogP contribution is 2.29. The largest absolute Gasteiger partial charge is 0.317 e. The fourth-order valence-electron chi connectivity index (χ4n) is 1.75. The minimum atomic E-state index is -2.81. The van der Waals surface area contributed by atoms with Crippen molar-refractivity contribution in [3.05, 3.63) is 0 Å². The van der Waals surface area contributed by atoms with Crippen LogP contribution in [0.2, 0.25) is 0 Å². The molecule has 0 rings (SSSR count). The first-order valence-corrected chi connectivity index (χ1v) is 8.47. The van der Waals surface area contributed by atoms with Crippen molar-refractivity contribution in [1.82, 2.24) is 5.32 Å². The zero-order valence-corrected chi connectivity index (χ0v) is 13.0. The standard InChI is InChI=1S/C13H29NO2S/c1-11(13(2,3)4)10-12(14-5)8-7-9-17(6,15)16/h11-12,14H,7-10H2,1-6H3. The average Bonchev–Trinajstić information content (AvgIpc) is 2.12. The molecule has 0 aromatic heterocycles. The van der Waals surface area contributed by atoms with Crippen molar-refractivity contribution >= 4 is 9.84 Å². The van der Waals surface area contributed by atoms with Gasteiger partial charge in [0.2, 0.25) is 0 Å². The molecule has 1 N–H and O–H groups in total. The Morgan fingerprint density at radius 1 is 1.24 bits per heavy atom. The Balaban J connectivity index is 4.09. The van der Waals surface area contributed by atoms with Crippen LogP contribution in [0.15, 0.2) is 0 Å². The molecule has 0 aromatic rings. The average molecular weight is 263 g/mol. The highest BCUT2D eigenvalue weighted by Gasteiger charge is 2.22. The Bertz CT molecular complexity index is 304. The van der Waals surface area contributed by atoms with Gasteiger partial charge in [-0.05, 0) is 37.6 Å². The lowest BCUT2D eigenvalue weighted by molar-refractivity contribution is 0.221. The van der Waals surface area contributed by atoms with Crippen molar-refractivity contribution in [3.63, 3.8) is 0 Å². The Kier molecular flexibility index (Phi) is 6.70. The second-order valence-corrected chi connectivity index (χ2v) is 8.52. The lowest BCUT2D eigenvalue weighted by Gasteiger charge is -2.30. The smallest absolute Gasteiger partial charge is 0.147 e. The molecule has 4 heteroatoms. The highest BCUT2D eigenvalue weighted by molar-refractivity contribution is 7.90. The van der Waals surface area contributed by atoms with E-state index >= 15 is 0 Å². The molecule has 104 valence electrons. The van der Waals surface area contributed by atoms with E-state index in [9.17, 15) is 8.42 Å². The highest BCUT2D eigenvalue weighted by atomic mass is 32.2. The van der Waals surface area contributed by atoms with E-state index in [4.69, 9.17) is 0 Å². The molecule has 0 aromatic carbocycles. The van der Waals surface area contributed by atoms with Gasteiger partial charge in [-0.25, -0.2) is 8.42 Å². The normalized spacial score (nSPS) is 16.8. The first kappa shape index (κ1) is 16.9. The number of hydrogen-bond acceptors (Lipinski definition) is 3. The van der Waals surface area contributed by atoms with E-state index in [1.165, 1.54) is 6.26 Å². The maximum Gasteiger partial charge on any atom is 0.147 e. The van der Waals surface area contributed by atoms with Gasteiger partial charge in [-0.3, -0.25) is 0 Å². The van der Waals surface area contributed by atoms with Gasteiger partial charge in [-0.2, -0.15) is 0 Å². The molecule has 2 unspecified atom stereocenters. The fraction of sp³-hybridized carbons (Fsp3) is 1.00. The maximum atomic E-state index is 11.1. The third kappa shape index (κ3) is 8.61. The number of rotatable bonds is 7. The van der Waals surface area contributed by atoms with Gasteiger partial charge < -0.3 is 5.32 Å². The van der Waals surface area contributed by atoms with Crippen molar-refractivity contribution in [2.24, 2.45) is 11.3 Å². The van der Waals surface area contributed by atoms with Gasteiger partial charge in [-0.1, -0.05) is 27.7 Å². The lowest BCUT2D eigenvalue weighted by atomic mass is 9.78. The Morgan fingerprint density at radius 3 is 2.12 bits per heavy atom. The number of sulfone groups is 1. The minimum absolute atomic E-state index is 0.301. The summed E-state index contributed by atoms with van der Waals surface area (Å²) < 4.78 is 22.1. The van der Waals surface area contributed by atoms with Crippen LogP contribution in [-0.4, -0.2) is 33.5 Å². The molecular weight excluding hydrogens is 234 g/mol. The van der Waals surface area contributed by atoms with E-state index in [1.807, 2.05) is 7.05 Å². The molecule has 0 radical (unpaired) electrons. The third-order valence-electron chi connectivity index (χ3n) is 3.59. The van der Waals surface area contributed by atoms with Crippen LogP contribution in [0.5, 0.6) is 0 Å². The van der Waals surface area contributed by atoms with Crippen LogP contribution in [-0.2, 0) is 9.84 Å². The van der Waals surface area contributed by atoms with Crippen LogP contribution in [0, 0.1) is 11.3 Å². The first-order chi connectivity index (χ1) is 7.56. The molecule has 0 bridgehead atoms. The molecule has 0 aliphatic heterocycles. The summed E-state index contributed by atoms with van der Waals surface area (Å²) in [6, 6.07) is 0.422. The van der Waals surface area contributed by atoms with Crippen molar-refractivity contribution in [2.75, 3.05) is 19.1 Å². The van der Waals surface area contributed by atoms with Gasteiger partial charge in [0.05, 0.1) is 0 Å². The summed E-state index contributed by atoms with van der Waals surface area (Å²) in [4.78, 5) is 0. The second-order valence-electron chi connectivity index (χ2n) is 6.26. The van der Waals surface area contributed by atoms with Gasteiger partial charge >= 0.3 is 0 Å². The molecule has 0 saturated carbocycles. The predicted molar refractivity (Wildman–Crippen MR) is 75.0 cm³/mol. The Labute approximate surface area is 107 Å². The van der Waals surface area contributed by atoms with Gasteiger partial charge in [0.1, 0.15) is 9.84 Å². The summed E-state index contributed by atoms with van der Waals surface area (Å²) in [7, 11) is -0.854. The molecule has 0 aliphatic rings. The Morgan fingerprint density at radius 2 is 1.76 bits per heavy atom.